The zero-order valence-electron chi connectivity index (χ0n) is 24.0. The van der Waals surface area contributed by atoms with Gasteiger partial charge in [-0.25, -0.2) is 4.39 Å². The SMILES string of the molecule is COc1c2c(c(C(=O)N(C)CCC(C)(C)CO)[nH]c1=O)CCN(Cc1ccc(F)c(Cl)c1)C2=O.OC1CCCCO1. The van der Waals surface area contributed by atoms with Crippen molar-refractivity contribution in [2.75, 3.05) is 40.5 Å². The van der Waals surface area contributed by atoms with E-state index in [1.165, 1.54) is 35.1 Å². The first-order chi connectivity index (χ1) is 19.4. The normalized spacial score (nSPS) is 16.9. The van der Waals surface area contributed by atoms with Crippen LogP contribution < -0.4 is 10.3 Å². The van der Waals surface area contributed by atoms with Crippen LogP contribution in [0.3, 0.4) is 0 Å². The van der Waals surface area contributed by atoms with Crippen LogP contribution in [0.5, 0.6) is 5.75 Å². The summed E-state index contributed by atoms with van der Waals surface area (Å²) >= 11 is 5.87. The average Bonchev–Trinajstić information content (AvgIpc) is 2.95. The van der Waals surface area contributed by atoms with Crippen molar-refractivity contribution in [2.45, 2.75) is 58.8 Å². The van der Waals surface area contributed by atoms with Crippen molar-refractivity contribution in [3.8, 4) is 5.75 Å². The molecule has 0 aliphatic carbocycles. The van der Waals surface area contributed by atoms with Crippen LogP contribution in [0.15, 0.2) is 23.0 Å². The third kappa shape index (κ3) is 8.28. The van der Waals surface area contributed by atoms with E-state index in [9.17, 15) is 23.9 Å². The van der Waals surface area contributed by atoms with E-state index >= 15 is 0 Å². The molecule has 0 spiro atoms. The lowest BCUT2D eigenvalue weighted by Crippen LogP contribution is -2.41. The molecule has 2 aliphatic rings. The Balaban J connectivity index is 0.000000575. The fraction of sp³-hybridized carbons (Fsp3) is 0.552. The standard InChI is InChI=1S/C24H29ClFN3O5.C5H10O2/c1-24(2,13-30)8-10-28(3)23(33)19-15-7-9-29(12-14-5-6-17(26)16(25)11-14)22(32)18(15)20(34-4)21(31)27-19;6-5-3-1-2-4-7-5/h5-6,11,30H,7-10,12-13H2,1-4H3,(H,27,31);5-6H,1-4H2. The van der Waals surface area contributed by atoms with Gasteiger partial charge < -0.3 is 34.5 Å². The third-order valence-electron chi connectivity index (χ3n) is 7.24. The number of methoxy groups -OCH3 is 1. The van der Waals surface area contributed by atoms with Gasteiger partial charge >= 0.3 is 0 Å². The number of pyridine rings is 1. The van der Waals surface area contributed by atoms with Crippen molar-refractivity contribution in [3.63, 3.8) is 0 Å². The van der Waals surface area contributed by atoms with Crippen molar-refractivity contribution in [1.29, 1.82) is 0 Å². The fourth-order valence-corrected chi connectivity index (χ4v) is 4.76. The maximum absolute atomic E-state index is 13.5. The number of aromatic nitrogens is 1. The lowest BCUT2D eigenvalue weighted by molar-refractivity contribution is -0.123. The molecule has 1 fully saturated rings. The number of aliphatic hydroxyl groups excluding tert-OH is 2. The Kier molecular flexibility index (Phi) is 11.3. The number of carbonyl (C=O) groups excluding carboxylic acids is 2. The molecule has 1 aromatic carbocycles. The second-order valence-electron chi connectivity index (χ2n) is 11.1. The molecule has 12 heteroatoms. The molecule has 1 aromatic heterocycles. The number of amides is 2. The smallest absolute Gasteiger partial charge is 0.291 e. The molecule has 0 bridgehead atoms. The van der Waals surface area contributed by atoms with E-state index in [-0.39, 0.29) is 47.1 Å². The topological polar surface area (TPSA) is 132 Å². The molecule has 1 saturated heterocycles. The highest BCUT2D eigenvalue weighted by molar-refractivity contribution is 6.30. The number of nitrogens with one attached hydrogen (secondary N) is 1. The quantitative estimate of drug-likeness (QED) is 0.426. The maximum atomic E-state index is 13.5. The molecule has 2 aliphatic heterocycles. The highest BCUT2D eigenvalue weighted by Crippen LogP contribution is 2.29. The molecular formula is C29H39ClFN3O7. The summed E-state index contributed by atoms with van der Waals surface area (Å²) in [5.41, 5.74) is 0.138. The van der Waals surface area contributed by atoms with E-state index in [2.05, 4.69) is 4.98 Å². The Labute approximate surface area is 244 Å². The lowest BCUT2D eigenvalue weighted by atomic mass is 9.90. The van der Waals surface area contributed by atoms with Crippen LogP contribution >= 0.6 is 11.6 Å². The summed E-state index contributed by atoms with van der Waals surface area (Å²) in [6.45, 7) is 5.31. The van der Waals surface area contributed by atoms with Crippen molar-refractivity contribution >= 4 is 23.4 Å². The predicted octanol–water partition coefficient (Wildman–Crippen LogP) is 3.36. The summed E-state index contributed by atoms with van der Waals surface area (Å²) in [6.07, 6.45) is 3.45. The van der Waals surface area contributed by atoms with Crippen molar-refractivity contribution < 1.29 is 33.7 Å². The predicted molar refractivity (Wildman–Crippen MR) is 152 cm³/mol. The zero-order valence-corrected chi connectivity index (χ0v) is 24.7. The Morgan fingerprint density at radius 2 is 2.05 bits per heavy atom. The van der Waals surface area contributed by atoms with Crippen LogP contribution in [-0.2, 0) is 17.7 Å². The van der Waals surface area contributed by atoms with Crippen LogP contribution in [0.2, 0.25) is 5.02 Å². The van der Waals surface area contributed by atoms with E-state index in [0.717, 1.165) is 25.9 Å². The van der Waals surface area contributed by atoms with Gasteiger partial charge in [0.1, 0.15) is 11.5 Å². The van der Waals surface area contributed by atoms with Crippen molar-refractivity contribution in [2.24, 2.45) is 5.41 Å². The second-order valence-corrected chi connectivity index (χ2v) is 11.5. The summed E-state index contributed by atoms with van der Waals surface area (Å²) in [6, 6.07) is 4.22. The first-order valence-corrected chi connectivity index (χ1v) is 14.0. The van der Waals surface area contributed by atoms with Gasteiger partial charge in [0.2, 0.25) is 0 Å². The molecule has 2 aromatic rings. The largest absolute Gasteiger partial charge is 0.491 e. The number of halogens is 2. The first kappa shape index (κ1) is 32.5. The van der Waals surface area contributed by atoms with Gasteiger partial charge in [-0.3, -0.25) is 14.4 Å². The van der Waals surface area contributed by atoms with E-state index in [0.29, 0.717) is 30.5 Å². The van der Waals surface area contributed by atoms with Crippen LogP contribution in [0.4, 0.5) is 4.39 Å². The number of ether oxygens (including phenoxy) is 2. The van der Waals surface area contributed by atoms with Crippen LogP contribution in [-0.4, -0.2) is 83.6 Å². The fourth-order valence-electron chi connectivity index (χ4n) is 4.56. The highest BCUT2D eigenvalue weighted by atomic mass is 35.5. The number of hydrogen-bond donors (Lipinski definition) is 3. The number of nitrogens with zero attached hydrogens (tertiary/aromatic N) is 2. The molecule has 3 N–H and O–H groups in total. The number of carbonyl (C=O) groups is 2. The molecule has 1 unspecified atom stereocenters. The van der Waals surface area contributed by atoms with Gasteiger partial charge in [0, 0.05) is 39.9 Å². The first-order valence-electron chi connectivity index (χ1n) is 13.6. The van der Waals surface area contributed by atoms with Gasteiger partial charge in [-0.1, -0.05) is 31.5 Å². The molecule has 226 valence electrons. The van der Waals surface area contributed by atoms with E-state index < -0.39 is 29.5 Å². The number of rotatable bonds is 8. The van der Waals surface area contributed by atoms with Crippen LogP contribution in [0.1, 0.15) is 71.5 Å². The van der Waals surface area contributed by atoms with Crippen molar-refractivity contribution in [3.05, 3.63) is 61.8 Å². The minimum absolute atomic E-state index is 0.0204. The molecule has 1 atom stereocenters. The molecule has 41 heavy (non-hydrogen) atoms. The maximum Gasteiger partial charge on any atom is 0.291 e. The molecular weight excluding hydrogens is 557 g/mol. The van der Waals surface area contributed by atoms with Gasteiger partial charge in [-0.15, -0.1) is 0 Å². The van der Waals surface area contributed by atoms with Gasteiger partial charge in [-0.05, 0) is 60.8 Å². The summed E-state index contributed by atoms with van der Waals surface area (Å²) in [5.74, 6) is -1.58. The summed E-state index contributed by atoms with van der Waals surface area (Å²) in [7, 11) is 2.90. The average molecular weight is 596 g/mol. The molecule has 0 radical (unpaired) electrons. The van der Waals surface area contributed by atoms with Gasteiger partial charge in [0.25, 0.3) is 17.4 Å². The Morgan fingerprint density at radius 3 is 2.61 bits per heavy atom. The number of fused-ring (bicyclic) bond motifs is 1. The third-order valence-corrected chi connectivity index (χ3v) is 7.53. The van der Waals surface area contributed by atoms with Crippen molar-refractivity contribution in [1.82, 2.24) is 14.8 Å². The van der Waals surface area contributed by atoms with Gasteiger partial charge in [0.05, 0.1) is 17.7 Å². The van der Waals surface area contributed by atoms with Crippen LogP contribution in [0.25, 0.3) is 0 Å². The lowest BCUT2D eigenvalue weighted by Gasteiger charge is -2.31. The highest BCUT2D eigenvalue weighted by Gasteiger charge is 2.34. The minimum Gasteiger partial charge on any atom is -0.491 e. The summed E-state index contributed by atoms with van der Waals surface area (Å²) in [4.78, 5) is 44.9. The number of benzene rings is 1. The molecule has 0 saturated carbocycles. The molecule has 2 amide bonds. The zero-order chi connectivity index (χ0) is 30.3. The number of hydrogen-bond acceptors (Lipinski definition) is 7. The number of aromatic amines is 1. The second kappa shape index (κ2) is 14.3. The minimum atomic E-state index is -0.672. The molecule has 3 heterocycles. The van der Waals surface area contributed by atoms with Gasteiger partial charge in [-0.2, -0.15) is 0 Å². The van der Waals surface area contributed by atoms with E-state index in [1.54, 1.807) is 7.05 Å². The van der Waals surface area contributed by atoms with E-state index in [4.69, 9.17) is 26.2 Å². The Bertz CT molecular complexity index is 1290. The molecule has 10 nitrogen and oxygen atoms in total. The molecule has 4 rings (SSSR count). The van der Waals surface area contributed by atoms with E-state index in [1.807, 2.05) is 13.8 Å². The Hall–Kier alpha value is -2.99. The number of aliphatic hydroxyl groups is 2. The van der Waals surface area contributed by atoms with Gasteiger partial charge in [0.15, 0.2) is 12.0 Å². The number of H-pyrrole nitrogens is 1. The Morgan fingerprint density at radius 1 is 1.32 bits per heavy atom. The van der Waals surface area contributed by atoms with Crippen LogP contribution in [0, 0.1) is 11.2 Å². The monoisotopic (exact) mass is 595 g/mol. The summed E-state index contributed by atoms with van der Waals surface area (Å²) < 4.78 is 23.6. The summed E-state index contributed by atoms with van der Waals surface area (Å²) in [5, 5.41) is 18.1.